The van der Waals surface area contributed by atoms with Crippen molar-refractivity contribution < 1.29 is 4.57 Å². The van der Waals surface area contributed by atoms with Crippen molar-refractivity contribution in [2.45, 2.75) is 40.5 Å². The van der Waals surface area contributed by atoms with Gasteiger partial charge in [-0.05, 0) is 61.0 Å². The number of rotatable bonds is 3. The Kier molecular flexibility index (Phi) is 4.87. The minimum Gasteiger partial charge on any atom is -0.257 e. The fourth-order valence-corrected chi connectivity index (χ4v) is 3.80. The highest BCUT2D eigenvalue weighted by atomic mass is 15.0. The minimum atomic E-state index is 0.374. The first-order chi connectivity index (χ1) is 13.8. The van der Waals surface area contributed by atoms with E-state index >= 15 is 0 Å². The molecule has 29 heavy (non-hydrogen) atoms. The number of hydrogen-bond acceptors (Lipinski definition) is 3. The summed E-state index contributed by atoms with van der Waals surface area (Å²) in [5.41, 5.74) is 10.2. The summed E-state index contributed by atoms with van der Waals surface area (Å²) in [5, 5.41) is 1.14. The predicted octanol–water partition coefficient (Wildman–Crippen LogP) is 5.23. The van der Waals surface area contributed by atoms with Gasteiger partial charge in [-0.3, -0.25) is 9.97 Å². The summed E-state index contributed by atoms with van der Waals surface area (Å²) < 4.78 is 2.11. The summed E-state index contributed by atoms with van der Waals surface area (Å²) in [7, 11) is 2.06. The van der Waals surface area contributed by atoms with Crippen molar-refractivity contribution in [1.29, 1.82) is 0 Å². The van der Waals surface area contributed by atoms with E-state index in [1.54, 1.807) is 0 Å². The van der Waals surface area contributed by atoms with Gasteiger partial charge in [0, 0.05) is 17.3 Å². The second-order valence-corrected chi connectivity index (χ2v) is 8.17. The van der Waals surface area contributed by atoms with Crippen LogP contribution >= 0.6 is 0 Å². The van der Waals surface area contributed by atoms with Crippen LogP contribution in [0, 0.1) is 20.8 Å². The second-order valence-electron chi connectivity index (χ2n) is 8.17. The van der Waals surface area contributed by atoms with E-state index in [1.807, 2.05) is 18.7 Å². The van der Waals surface area contributed by atoms with Crippen molar-refractivity contribution in [1.82, 2.24) is 15.0 Å². The van der Waals surface area contributed by atoms with Crippen LogP contribution in [0.25, 0.3) is 33.4 Å². The monoisotopic (exact) mass is 383 g/mol. The molecule has 0 aliphatic rings. The molecule has 2 aromatic carbocycles. The van der Waals surface area contributed by atoms with E-state index in [-0.39, 0.29) is 0 Å². The number of aromatic nitrogens is 4. The number of fused-ring (bicyclic) bond motifs is 1. The highest BCUT2D eigenvalue weighted by molar-refractivity contribution is 5.93. The van der Waals surface area contributed by atoms with Gasteiger partial charge in [-0.15, -0.1) is 0 Å². The van der Waals surface area contributed by atoms with Gasteiger partial charge in [-0.2, -0.15) is 0 Å². The van der Waals surface area contributed by atoms with Gasteiger partial charge < -0.3 is 0 Å². The van der Waals surface area contributed by atoms with Crippen molar-refractivity contribution in [3.63, 3.8) is 0 Å². The number of aryl methyl sites for hydroxylation is 3. The van der Waals surface area contributed by atoms with Gasteiger partial charge >= 0.3 is 0 Å². The Morgan fingerprint density at radius 2 is 1.69 bits per heavy atom. The van der Waals surface area contributed by atoms with Crippen LogP contribution in [-0.2, 0) is 7.05 Å². The Morgan fingerprint density at radius 3 is 2.38 bits per heavy atom. The van der Waals surface area contributed by atoms with Crippen LogP contribution < -0.4 is 4.57 Å². The molecule has 4 rings (SSSR count). The van der Waals surface area contributed by atoms with Gasteiger partial charge in [-0.1, -0.05) is 31.5 Å². The standard InChI is InChI=1S/C25H27N4/c1-15(2)23-12-27-24(13-26-23)19-7-8-20-22(11-19)28-14-29(6)25(20)21-10-16(3)9-17(4)18(21)5/h7-15H,1-6H3/q+1. The van der Waals surface area contributed by atoms with Gasteiger partial charge in [-0.25, -0.2) is 4.57 Å². The average Bonchev–Trinajstić information content (AvgIpc) is 2.70. The lowest BCUT2D eigenvalue weighted by molar-refractivity contribution is -0.662. The van der Waals surface area contributed by atoms with E-state index in [1.165, 1.54) is 27.9 Å². The molecule has 0 aliphatic carbocycles. The van der Waals surface area contributed by atoms with Crippen LogP contribution in [-0.4, -0.2) is 15.0 Å². The third-order valence-corrected chi connectivity index (χ3v) is 5.60. The third kappa shape index (κ3) is 3.51. The molecular formula is C25H27N4+. The van der Waals surface area contributed by atoms with Crippen molar-refractivity contribution in [2.75, 3.05) is 0 Å². The molecule has 0 saturated heterocycles. The molecule has 146 valence electrons. The lowest BCUT2D eigenvalue weighted by atomic mass is 9.95. The van der Waals surface area contributed by atoms with E-state index in [0.29, 0.717) is 5.92 Å². The van der Waals surface area contributed by atoms with E-state index in [9.17, 15) is 0 Å². The summed E-state index contributed by atoms with van der Waals surface area (Å²) in [5.74, 6) is 0.374. The second kappa shape index (κ2) is 7.36. The maximum Gasteiger partial charge on any atom is 0.287 e. The largest absolute Gasteiger partial charge is 0.287 e. The smallest absolute Gasteiger partial charge is 0.257 e. The quantitative estimate of drug-likeness (QED) is 0.455. The number of hydrogen-bond donors (Lipinski definition) is 0. The molecule has 0 unspecified atom stereocenters. The van der Waals surface area contributed by atoms with Crippen molar-refractivity contribution in [2.24, 2.45) is 7.05 Å². The maximum absolute atomic E-state index is 4.69. The van der Waals surface area contributed by atoms with E-state index < -0.39 is 0 Å². The number of benzene rings is 2. The maximum atomic E-state index is 4.69. The van der Waals surface area contributed by atoms with Crippen LogP contribution in [0.4, 0.5) is 0 Å². The SMILES string of the molecule is Cc1cc(C)c(C)c(-c2c3ccc(-c4cnc(C(C)C)cn4)cc3nc[n+]2C)c1. The lowest BCUT2D eigenvalue weighted by Gasteiger charge is -2.12. The predicted molar refractivity (Wildman–Crippen MR) is 118 cm³/mol. The summed E-state index contributed by atoms with van der Waals surface area (Å²) >= 11 is 0. The molecule has 4 aromatic rings. The minimum absolute atomic E-state index is 0.374. The van der Waals surface area contributed by atoms with Gasteiger partial charge in [0.1, 0.15) is 5.69 Å². The summed E-state index contributed by atoms with van der Waals surface area (Å²) in [6.07, 6.45) is 5.62. The average molecular weight is 384 g/mol. The van der Waals surface area contributed by atoms with Crippen LogP contribution in [0.15, 0.2) is 49.1 Å². The van der Waals surface area contributed by atoms with Crippen LogP contribution in [0.3, 0.4) is 0 Å². The van der Waals surface area contributed by atoms with Crippen molar-refractivity contribution in [3.8, 4) is 22.5 Å². The Balaban J connectivity index is 1.88. The van der Waals surface area contributed by atoms with Gasteiger partial charge in [0.2, 0.25) is 0 Å². The van der Waals surface area contributed by atoms with Gasteiger partial charge in [0.15, 0.2) is 5.52 Å². The zero-order valence-electron chi connectivity index (χ0n) is 18.0. The summed E-state index contributed by atoms with van der Waals surface area (Å²) in [4.78, 5) is 13.9. The summed E-state index contributed by atoms with van der Waals surface area (Å²) in [6, 6.07) is 10.9. The zero-order valence-corrected chi connectivity index (χ0v) is 18.0. The molecule has 0 N–H and O–H groups in total. The molecule has 2 aromatic heterocycles. The molecule has 0 spiro atoms. The highest BCUT2D eigenvalue weighted by Gasteiger charge is 2.18. The van der Waals surface area contributed by atoms with Crippen LogP contribution in [0.5, 0.6) is 0 Å². The molecule has 0 radical (unpaired) electrons. The van der Waals surface area contributed by atoms with Crippen molar-refractivity contribution in [3.05, 3.63) is 71.4 Å². The highest BCUT2D eigenvalue weighted by Crippen LogP contribution is 2.31. The third-order valence-electron chi connectivity index (χ3n) is 5.60. The van der Waals surface area contributed by atoms with Crippen molar-refractivity contribution >= 4 is 10.9 Å². The first-order valence-corrected chi connectivity index (χ1v) is 10.0. The van der Waals surface area contributed by atoms with Crippen LogP contribution in [0.1, 0.15) is 42.1 Å². The topological polar surface area (TPSA) is 42.6 Å². The van der Waals surface area contributed by atoms with E-state index in [4.69, 9.17) is 0 Å². The molecule has 2 heterocycles. The molecule has 0 atom stereocenters. The Hall–Kier alpha value is -3.14. The first kappa shape index (κ1) is 19.2. The molecule has 0 bridgehead atoms. The molecule has 0 amide bonds. The van der Waals surface area contributed by atoms with Gasteiger partial charge in [0.05, 0.1) is 30.0 Å². The molecule has 4 nitrogen and oxygen atoms in total. The number of nitrogens with zero attached hydrogens (tertiary/aromatic N) is 4. The molecule has 4 heteroatoms. The normalized spacial score (nSPS) is 11.4. The lowest BCUT2D eigenvalue weighted by Crippen LogP contribution is -2.32. The van der Waals surface area contributed by atoms with Crippen LogP contribution in [0.2, 0.25) is 0 Å². The Labute approximate surface area is 172 Å². The molecule has 0 fully saturated rings. The Bertz CT molecular complexity index is 1210. The van der Waals surface area contributed by atoms with E-state index in [0.717, 1.165) is 27.9 Å². The molecule has 0 saturated carbocycles. The first-order valence-electron chi connectivity index (χ1n) is 10.0. The van der Waals surface area contributed by atoms with E-state index in [2.05, 4.69) is 91.5 Å². The molecular weight excluding hydrogens is 356 g/mol. The van der Waals surface area contributed by atoms with Gasteiger partial charge in [0.25, 0.3) is 6.33 Å². The Morgan fingerprint density at radius 1 is 0.897 bits per heavy atom. The zero-order chi connectivity index (χ0) is 20.7. The summed E-state index contributed by atoms with van der Waals surface area (Å²) in [6.45, 7) is 10.8. The fourth-order valence-electron chi connectivity index (χ4n) is 3.80. The molecule has 0 aliphatic heterocycles. The fraction of sp³-hybridized carbons (Fsp3) is 0.280.